The van der Waals surface area contributed by atoms with Gasteiger partial charge in [-0.2, -0.15) is 0 Å². The molecular formula is C15H12F2OS. The van der Waals surface area contributed by atoms with E-state index in [1.807, 2.05) is 24.3 Å². The highest BCUT2D eigenvalue weighted by molar-refractivity contribution is 8.00. The number of hydrogen-bond donors (Lipinski definition) is 1. The molecule has 0 aliphatic carbocycles. The van der Waals surface area contributed by atoms with Crippen molar-refractivity contribution in [3.63, 3.8) is 0 Å². The number of hydrogen-bond acceptors (Lipinski definition) is 2. The van der Waals surface area contributed by atoms with Crippen molar-refractivity contribution in [2.75, 3.05) is 0 Å². The number of thioether (sulfide) groups is 1. The number of benzene rings is 2. The molecule has 98 valence electrons. The molecule has 0 bridgehead atoms. The maximum absolute atomic E-state index is 13.7. The highest BCUT2D eigenvalue weighted by Crippen LogP contribution is 2.42. The molecule has 2 aromatic rings. The fraction of sp³-hybridized carbons (Fsp3) is 0.200. The lowest BCUT2D eigenvalue weighted by molar-refractivity contribution is 0.169. The lowest BCUT2D eigenvalue weighted by Gasteiger charge is -2.18. The number of halogens is 2. The molecule has 0 spiro atoms. The maximum atomic E-state index is 13.7. The summed E-state index contributed by atoms with van der Waals surface area (Å²) >= 11 is 1.51. The van der Waals surface area contributed by atoms with Gasteiger partial charge >= 0.3 is 0 Å². The predicted octanol–water partition coefficient (Wildman–Crippen LogP) is 3.72. The minimum atomic E-state index is -1.01. The van der Waals surface area contributed by atoms with Crippen molar-refractivity contribution in [3.8, 4) is 0 Å². The van der Waals surface area contributed by atoms with Gasteiger partial charge in [0.1, 0.15) is 0 Å². The van der Waals surface area contributed by atoms with Gasteiger partial charge in [-0.25, -0.2) is 8.78 Å². The lowest BCUT2D eigenvalue weighted by Crippen LogP contribution is -2.16. The van der Waals surface area contributed by atoms with Crippen LogP contribution in [0.2, 0.25) is 0 Å². The van der Waals surface area contributed by atoms with Crippen LogP contribution in [0.15, 0.2) is 47.4 Å². The van der Waals surface area contributed by atoms with Crippen molar-refractivity contribution in [3.05, 3.63) is 65.2 Å². The van der Waals surface area contributed by atoms with Crippen LogP contribution >= 0.6 is 11.8 Å². The van der Waals surface area contributed by atoms with Gasteiger partial charge in [-0.15, -0.1) is 11.8 Å². The van der Waals surface area contributed by atoms with E-state index in [0.29, 0.717) is 6.42 Å². The van der Waals surface area contributed by atoms with Gasteiger partial charge in [0.2, 0.25) is 0 Å². The second kappa shape index (κ2) is 4.94. The molecule has 1 N–H and O–H groups in total. The molecule has 19 heavy (non-hydrogen) atoms. The Morgan fingerprint density at radius 1 is 1.11 bits per heavy atom. The summed E-state index contributed by atoms with van der Waals surface area (Å²) < 4.78 is 26.9. The summed E-state index contributed by atoms with van der Waals surface area (Å²) in [5, 5.41) is 10.1. The van der Waals surface area contributed by atoms with Crippen LogP contribution in [0, 0.1) is 11.6 Å². The summed E-state index contributed by atoms with van der Waals surface area (Å²) in [5.41, 5.74) is 1.18. The van der Waals surface area contributed by atoms with E-state index in [-0.39, 0.29) is 10.8 Å². The van der Waals surface area contributed by atoms with Crippen LogP contribution < -0.4 is 0 Å². The zero-order valence-corrected chi connectivity index (χ0v) is 10.8. The van der Waals surface area contributed by atoms with Crippen molar-refractivity contribution in [2.24, 2.45) is 0 Å². The maximum Gasteiger partial charge on any atom is 0.164 e. The Kier molecular flexibility index (Phi) is 3.29. The first-order valence-corrected chi connectivity index (χ1v) is 6.91. The molecule has 2 atom stereocenters. The number of aliphatic hydroxyl groups excluding tert-OH is 1. The van der Waals surface area contributed by atoms with Crippen LogP contribution in [0.3, 0.4) is 0 Å². The summed E-state index contributed by atoms with van der Waals surface area (Å²) in [4.78, 5) is 1.10. The number of aliphatic hydroxyl groups is 1. The molecule has 3 rings (SSSR count). The zero-order chi connectivity index (χ0) is 13.4. The monoisotopic (exact) mass is 278 g/mol. The molecule has 0 radical (unpaired) electrons. The van der Waals surface area contributed by atoms with Gasteiger partial charge in [0.25, 0.3) is 0 Å². The van der Waals surface area contributed by atoms with Crippen LogP contribution in [0.4, 0.5) is 8.78 Å². The SMILES string of the molecule is OC(c1cccc(F)c1F)C1Cc2ccccc2S1. The predicted molar refractivity (Wildman–Crippen MR) is 71.1 cm³/mol. The third kappa shape index (κ3) is 2.26. The quantitative estimate of drug-likeness (QED) is 0.903. The molecule has 2 aromatic carbocycles. The average Bonchev–Trinajstić information content (AvgIpc) is 2.85. The van der Waals surface area contributed by atoms with Crippen LogP contribution in [0.1, 0.15) is 17.2 Å². The Morgan fingerprint density at radius 3 is 2.68 bits per heavy atom. The van der Waals surface area contributed by atoms with Crippen molar-refractivity contribution in [1.82, 2.24) is 0 Å². The summed E-state index contributed by atoms with van der Waals surface area (Å²) in [6.45, 7) is 0. The summed E-state index contributed by atoms with van der Waals surface area (Å²) in [6, 6.07) is 11.8. The smallest absolute Gasteiger partial charge is 0.164 e. The van der Waals surface area contributed by atoms with Gasteiger partial charge in [-0.1, -0.05) is 30.3 Å². The average molecular weight is 278 g/mol. The molecule has 1 aliphatic heterocycles. The molecule has 1 heterocycles. The van der Waals surface area contributed by atoms with Gasteiger partial charge in [-0.3, -0.25) is 0 Å². The molecule has 0 amide bonds. The van der Waals surface area contributed by atoms with E-state index in [9.17, 15) is 13.9 Å². The minimum Gasteiger partial charge on any atom is -0.387 e. The molecule has 2 unspecified atom stereocenters. The molecule has 1 nitrogen and oxygen atoms in total. The number of fused-ring (bicyclic) bond motifs is 1. The third-order valence-electron chi connectivity index (χ3n) is 3.32. The van der Waals surface area contributed by atoms with Crippen molar-refractivity contribution < 1.29 is 13.9 Å². The summed E-state index contributed by atoms with van der Waals surface area (Å²) in [6.07, 6.45) is -0.342. The number of rotatable bonds is 2. The molecule has 4 heteroatoms. The Balaban J connectivity index is 1.87. The zero-order valence-electron chi connectivity index (χ0n) is 10.0. The lowest BCUT2D eigenvalue weighted by atomic mass is 10.0. The van der Waals surface area contributed by atoms with E-state index in [1.54, 1.807) is 0 Å². The van der Waals surface area contributed by atoms with Gasteiger partial charge in [0.05, 0.1) is 6.10 Å². The van der Waals surface area contributed by atoms with Crippen LogP contribution in [-0.2, 0) is 6.42 Å². The Labute approximate surface area is 114 Å². The topological polar surface area (TPSA) is 20.2 Å². The summed E-state index contributed by atoms with van der Waals surface area (Å²) in [5.74, 6) is -1.87. The van der Waals surface area contributed by atoms with E-state index >= 15 is 0 Å². The second-order valence-electron chi connectivity index (χ2n) is 4.56. The van der Waals surface area contributed by atoms with E-state index in [1.165, 1.54) is 23.9 Å². The highest BCUT2D eigenvalue weighted by Gasteiger charge is 2.31. The standard InChI is InChI=1S/C15H12F2OS/c16-11-6-3-5-10(14(11)17)15(18)13-8-9-4-1-2-7-12(9)19-13/h1-7,13,15,18H,8H2. The van der Waals surface area contributed by atoms with E-state index in [4.69, 9.17) is 0 Å². The van der Waals surface area contributed by atoms with Crippen molar-refractivity contribution >= 4 is 11.8 Å². The van der Waals surface area contributed by atoms with Crippen molar-refractivity contribution in [1.29, 1.82) is 0 Å². The molecule has 0 saturated carbocycles. The largest absolute Gasteiger partial charge is 0.387 e. The fourth-order valence-corrected chi connectivity index (χ4v) is 3.66. The first kappa shape index (κ1) is 12.6. The van der Waals surface area contributed by atoms with E-state index in [0.717, 1.165) is 16.5 Å². The van der Waals surface area contributed by atoms with Gasteiger partial charge in [-0.05, 0) is 24.1 Å². The van der Waals surface area contributed by atoms with Gasteiger partial charge in [0.15, 0.2) is 11.6 Å². The minimum absolute atomic E-state index is 0.0327. The Bertz CT molecular complexity index is 590. The van der Waals surface area contributed by atoms with Gasteiger partial charge in [0, 0.05) is 15.7 Å². The third-order valence-corrected chi connectivity index (χ3v) is 4.70. The Morgan fingerprint density at radius 2 is 1.89 bits per heavy atom. The van der Waals surface area contributed by atoms with Crippen LogP contribution in [0.25, 0.3) is 0 Å². The van der Waals surface area contributed by atoms with Crippen molar-refractivity contribution in [2.45, 2.75) is 22.7 Å². The fourth-order valence-electron chi connectivity index (χ4n) is 2.33. The first-order valence-electron chi connectivity index (χ1n) is 6.03. The highest BCUT2D eigenvalue weighted by atomic mass is 32.2. The van der Waals surface area contributed by atoms with Crippen LogP contribution in [-0.4, -0.2) is 10.4 Å². The molecule has 0 aromatic heterocycles. The van der Waals surface area contributed by atoms with Gasteiger partial charge < -0.3 is 5.11 Å². The molecule has 0 saturated heterocycles. The molecular weight excluding hydrogens is 266 g/mol. The Hall–Kier alpha value is -1.39. The van der Waals surface area contributed by atoms with E-state index in [2.05, 4.69) is 0 Å². The summed E-state index contributed by atoms with van der Waals surface area (Å²) in [7, 11) is 0. The first-order chi connectivity index (χ1) is 9.16. The van der Waals surface area contributed by atoms with Crippen LogP contribution in [0.5, 0.6) is 0 Å². The second-order valence-corrected chi connectivity index (χ2v) is 5.84. The molecule has 0 fully saturated rings. The van der Waals surface area contributed by atoms with E-state index < -0.39 is 17.7 Å². The molecule has 1 aliphatic rings. The normalized spacial score (nSPS) is 19.2.